The van der Waals surface area contributed by atoms with Crippen molar-refractivity contribution >= 4 is 21.8 Å². The van der Waals surface area contributed by atoms with Crippen LogP contribution in [0.4, 0.5) is 0 Å². The minimum absolute atomic E-state index is 0.00954. The summed E-state index contributed by atoms with van der Waals surface area (Å²) < 4.78 is 18.1. The molecular weight excluding hydrogens is 410 g/mol. The Balaban J connectivity index is 1.48. The van der Waals surface area contributed by atoms with Crippen LogP contribution in [0.1, 0.15) is 31.4 Å². The van der Waals surface area contributed by atoms with Crippen molar-refractivity contribution in [1.29, 1.82) is 0 Å². The van der Waals surface area contributed by atoms with E-state index in [2.05, 4.69) is 15.9 Å². The van der Waals surface area contributed by atoms with Crippen molar-refractivity contribution in [2.45, 2.75) is 31.9 Å². The van der Waals surface area contributed by atoms with Crippen LogP contribution in [0.2, 0.25) is 0 Å². The predicted octanol–water partition coefficient (Wildman–Crippen LogP) is 4.35. The van der Waals surface area contributed by atoms with Gasteiger partial charge in [0.15, 0.2) is 17.6 Å². The quantitative estimate of drug-likeness (QED) is 0.721. The first-order valence-corrected chi connectivity index (χ1v) is 10.0. The van der Waals surface area contributed by atoms with Gasteiger partial charge in [-0.15, -0.1) is 0 Å². The second kappa shape index (κ2) is 7.80. The van der Waals surface area contributed by atoms with E-state index in [1.165, 1.54) is 0 Å². The zero-order valence-electron chi connectivity index (χ0n) is 15.2. The molecule has 6 heteroatoms. The van der Waals surface area contributed by atoms with Crippen LogP contribution >= 0.6 is 15.9 Å². The molecule has 2 aliphatic heterocycles. The maximum Gasteiger partial charge on any atom is 0.263 e. The first-order valence-electron chi connectivity index (χ1n) is 9.24. The Morgan fingerprint density at radius 2 is 1.89 bits per heavy atom. The Labute approximate surface area is 167 Å². The van der Waals surface area contributed by atoms with Crippen LogP contribution in [-0.4, -0.2) is 36.7 Å². The number of hydrogen-bond donors (Lipinski definition) is 0. The van der Waals surface area contributed by atoms with Crippen molar-refractivity contribution in [3.05, 3.63) is 52.5 Å². The van der Waals surface area contributed by atoms with E-state index >= 15 is 0 Å². The molecule has 5 nitrogen and oxygen atoms in total. The van der Waals surface area contributed by atoms with E-state index < -0.39 is 6.10 Å². The summed E-state index contributed by atoms with van der Waals surface area (Å²) >= 11 is 3.40. The maximum atomic E-state index is 13.0. The Hall–Kier alpha value is -2.21. The molecule has 2 aliphatic rings. The Bertz CT molecular complexity index is 823. The second-order valence-corrected chi connectivity index (χ2v) is 7.72. The van der Waals surface area contributed by atoms with Crippen molar-refractivity contribution in [3.63, 3.8) is 0 Å². The molecule has 27 heavy (non-hydrogen) atoms. The van der Waals surface area contributed by atoms with Gasteiger partial charge >= 0.3 is 0 Å². The minimum atomic E-state index is -0.538. The van der Waals surface area contributed by atoms with E-state index in [1.807, 2.05) is 54.3 Å². The number of ether oxygens (including phenoxy) is 3. The van der Waals surface area contributed by atoms with Gasteiger partial charge in [-0.1, -0.05) is 22.0 Å². The van der Waals surface area contributed by atoms with Crippen molar-refractivity contribution < 1.29 is 19.0 Å². The van der Waals surface area contributed by atoms with Crippen LogP contribution in [0, 0.1) is 0 Å². The lowest BCUT2D eigenvalue weighted by atomic mass is 10.0. The Kier molecular flexibility index (Phi) is 5.25. The highest BCUT2D eigenvalue weighted by molar-refractivity contribution is 9.10. The summed E-state index contributed by atoms with van der Waals surface area (Å²) in [6, 6.07) is 13.5. The van der Waals surface area contributed by atoms with Gasteiger partial charge in [0.25, 0.3) is 5.91 Å². The SMILES string of the molecule is CC(Oc1ccc(Br)cc1)C(=O)N1CCCC1c1ccc2c(c1)OCCO2. The van der Waals surface area contributed by atoms with Crippen molar-refractivity contribution in [2.24, 2.45) is 0 Å². The average Bonchev–Trinajstić information content (AvgIpc) is 3.18. The lowest BCUT2D eigenvalue weighted by Gasteiger charge is -2.29. The maximum absolute atomic E-state index is 13.0. The van der Waals surface area contributed by atoms with E-state index in [-0.39, 0.29) is 11.9 Å². The number of rotatable bonds is 4. The lowest BCUT2D eigenvalue weighted by Crippen LogP contribution is -2.40. The summed E-state index contributed by atoms with van der Waals surface area (Å²) in [7, 11) is 0. The summed E-state index contributed by atoms with van der Waals surface area (Å²) in [5.41, 5.74) is 1.08. The van der Waals surface area contributed by atoms with Crippen LogP contribution < -0.4 is 14.2 Å². The fraction of sp³-hybridized carbons (Fsp3) is 0.381. The number of carbonyl (C=O) groups excluding carboxylic acids is 1. The third-order valence-corrected chi connectivity index (χ3v) is 5.49. The Morgan fingerprint density at radius 3 is 2.67 bits per heavy atom. The highest BCUT2D eigenvalue weighted by Crippen LogP contribution is 2.38. The molecule has 0 radical (unpaired) electrons. The molecule has 1 fully saturated rings. The molecule has 2 atom stereocenters. The van der Waals surface area contributed by atoms with Gasteiger partial charge in [0, 0.05) is 11.0 Å². The largest absolute Gasteiger partial charge is 0.486 e. The molecule has 0 aromatic heterocycles. The molecule has 4 rings (SSSR count). The average molecular weight is 432 g/mol. The fourth-order valence-corrected chi connectivity index (χ4v) is 3.91. The first-order chi connectivity index (χ1) is 13.1. The van der Waals surface area contributed by atoms with Gasteiger partial charge in [-0.3, -0.25) is 4.79 Å². The second-order valence-electron chi connectivity index (χ2n) is 6.81. The number of likely N-dealkylation sites (tertiary alicyclic amines) is 1. The summed E-state index contributed by atoms with van der Waals surface area (Å²) in [5.74, 6) is 2.23. The number of carbonyl (C=O) groups is 1. The lowest BCUT2D eigenvalue weighted by molar-refractivity contribution is -0.138. The van der Waals surface area contributed by atoms with Gasteiger partial charge in [-0.25, -0.2) is 0 Å². The zero-order valence-corrected chi connectivity index (χ0v) is 16.8. The molecule has 142 valence electrons. The molecule has 0 aliphatic carbocycles. The van der Waals surface area contributed by atoms with Gasteiger partial charge in [0.2, 0.25) is 0 Å². The topological polar surface area (TPSA) is 48.0 Å². The van der Waals surface area contributed by atoms with E-state index in [9.17, 15) is 4.79 Å². The van der Waals surface area contributed by atoms with Crippen LogP contribution in [-0.2, 0) is 4.79 Å². The van der Waals surface area contributed by atoms with E-state index in [0.717, 1.165) is 40.9 Å². The van der Waals surface area contributed by atoms with Crippen molar-refractivity contribution in [2.75, 3.05) is 19.8 Å². The van der Waals surface area contributed by atoms with Gasteiger partial charge in [-0.2, -0.15) is 0 Å². The molecule has 0 saturated carbocycles. The molecule has 0 spiro atoms. The number of fused-ring (bicyclic) bond motifs is 1. The number of halogens is 1. The highest BCUT2D eigenvalue weighted by atomic mass is 79.9. The van der Waals surface area contributed by atoms with Gasteiger partial charge in [-0.05, 0) is 61.7 Å². The number of nitrogens with zero attached hydrogens (tertiary/aromatic N) is 1. The van der Waals surface area contributed by atoms with Crippen LogP contribution in [0.3, 0.4) is 0 Å². The molecular formula is C21H22BrNO4. The normalized spacial score (nSPS) is 19.6. The third-order valence-electron chi connectivity index (χ3n) is 4.96. The molecule has 2 heterocycles. The smallest absolute Gasteiger partial charge is 0.263 e. The fourth-order valence-electron chi connectivity index (χ4n) is 3.65. The monoisotopic (exact) mass is 431 g/mol. The van der Waals surface area contributed by atoms with Gasteiger partial charge in [0.1, 0.15) is 19.0 Å². The van der Waals surface area contributed by atoms with E-state index in [4.69, 9.17) is 14.2 Å². The summed E-state index contributed by atoms with van der Waals surface area (Å²) in [5, 5.41) is 0. The van der Waals surface area contributed by atoms with Gasteiger partial charge < -0.3 is 19.1 Å². The summed E-state index contributed by atoms with van der Waals surface area (Å²) in [4.78, 5) is 15.0. The Morgan fingerprint density at radius 1 is 1.15 bits per heavy atom. The summed E-state index contributed by atoms with van der Waals surface area (Å²) in [6.45, 7) is 3.68. The standard InChI is InChI=1S/C21H22BrNO4/c1-14(27-17-7-5-16(22)6-8-17)21(24)23-10-2-3-18(23)15-4-9-19-20(13-15)26-12-11-25-19/h4-9,13-14,18H,2-3,10-12H2,1H3. The third kappa shape index (κ3) is 3.90. The molecule has 2 unspecified atom stereocenters. The zero-order chi connectivity index (χ0) is 18.8. The van der Waals surface area contributed by atoms with Crippen molar-refractivity contribution in [3.8, 4) is 17.2 Å². The van der Waals surface area contributed by atoms with Crippen LogP contribution in [0.15, 0.2) is 46.9 Å². The van der Waals surface area contributed by atoms with E-state index in [0.29, 0.717) is 19.0 Å². The van der Waals surface area contributed by atoms with Crippen molar-refractivity contribution in [1.82, 2.24) is 4.90 Å². The van der Waals surface area contributed by atoms with Crippen LogP contribution in [0.25, 0.3) is 0 Å². The number of benzene rings is 2. The first kappa shape index (κ1) is 18.2. The number of hydrogen-bond acceptors (Lipinski definition) is 4. The molecule has 2 aromatic rings. The molecule has 1 saturated heterocycles. The minimum Gasteiger partial charge on any atom is -0.486 e. The summed E-state index contributed by atoms with van der Waals surface area (Å²) in [6.07, 6.45) is 1.38. The molecule has 0 bridgehead atoms. The highest BCUT2D eigenvalue weighted by Gasteiger charge is 2.34. The van der Waals surface area contributed by atoms with Crippen LogP contribution in [0.5, 0.6) is 17.2 Å². The molecule has 1 amide bonds. The molecule has 2 aromatic carbocycles. The van der Waals surface area contributed by atoms with Gasteiger partial charge in [0.05, 0.1) is 6.04 Å². The predicted molar refractivity (Wildman–Crippen MR) is 105 cm³/mol. The molecule has 0 N–H and O–H groups in total. The van der Waals surface area contributed by atoms with E-state index in [1.54, 1.807) is 0 Å². The number of amides is 1.